The zero-order valence-electron chi connectivity index (χ0n) is 9.08. The van der Waals surface area contributed by atoms with Gasteiger partial charge in [-0.05, 0) is 63.0 Å². The van der Waals surface area contributed by atoms with E-state index >= 15 is 0 Å². The van der Waals surface area contributed by atoms with E-state index in [1.807, 2.05) is 12.1 Å². The van der Waals surface area contributed by atoms with Gasteiger partial charge in [-0.15, -0.1) is 0 Å². The molecular weight excluding hydrogens is 189 g/mol. The Kier molecular flexibility index (Phi) is 3.73. The fraction of sp³-hybridized carbons (Fsp3) is 0.538. The number of benzene rings is 1. The summed E-state index contributed by atoms with van der Waals surface area (Å²) < 4.78 is 12.6. The standard InChI is InChI=1S/C13H18FN/c14-13-7-5-12(6-8-13)4-3-11-15-9-1-2-10-15/h5-8H,1-4,9-11H2. The van der Waals surface area contributed by atoms with Gasteiger partial charge in [-0.2, -0.15) is 0 Å². The Morgan fingerprint density at radius 2 is 1.73 bits per heavy atom. The van der Waals surface area contributed by atoms with Gasteiger partial charge in [0.05, 0.1) is 0 Å². The molecule has 82 valence electrons. The minimum Gasteiger partial charge on any atom is -0.303 e. The van der Waals surface area contributed by atoms with Crippen LogP contribution in [0.15, 0.2) is 24.3 Å². The average Bonchev–Trinajstić information content (AvgIpc) is 2.74. The molecule has 0 radical (unpaired) electrons. The lowest BCUT2D eigenvalue weighted by Gasteiger charge is -2.13. The van der Waals surface area contributed by atoms with Crippen LogP contribution in [0.3, 0.4) is 0 Å². The Morgan fingerprint density at radius 3 is 2.40 bits per heavy atom. The summed E-state index contributed by atoms with van der Waals surface area (Å²) in [6.45, 7) is 3.73. The van der Waals surface area contributed by atoms with Gasteiger partial charge in [-0.3, -0.25) is 0 Å². The Bertz CT molecular complexity index is 288. The molecule has 0 bridgehead atoms. The number of aryl methyl sites for hydroxylation is 1. The highest BCUT2D eigenvalue weighted by Crippen LogP contribution is 2.10. The van der Waals surface area contributed by atoms with E-state index in [1.54, 1.807) is 12.1 Å². The summed E-state index contributed by atoms with van der Waals surface area (Å²) in [6, 6.07) is 6.87. The molecule has 1 fully saturated rings. The molecule has 0 N–H and O–H groups in total. The Morgan fingerprint density at radius 1 is 1.07 bits per heavy atom. The monoisotopic (exact) mass is 207 g/mol. The van der Waals surface area contributed by atoms with E-state index in [0.717, 1.165) is 6.42 Å². The van der Waals surface area contributed by atoms with E-state index in [9.17, 15) is 4.39 Å². The molecule has 1 aromatic rings. The zero-order chi connectivity index (χ0) is 10.5. The third kappa shape index (κ3) is 3.31. The van der Waals surface area contributed by atoms with Gasteiger partial charge in [0.2, 0.25) is 0 Å². The van der Waals surface area contributed by atoms with E-state index < -0.39 is 0 Å². The molecule has 1 aliphatic rings. The summed E-state index contributed by atoms with van der Waals surface area (Å²) in [7, 11) is 0. The van der Waals surface area contributed by atoms with Crippen molar-refractivity contribution in [1.82, 2.24) is 4.90 Å². The van der Waals surface area contributed by atoms with E-state index in [-0.39, 0.29) is 5.82 Å². The smallest absolute Gasteiger partial charge is 0.123 e. The molecule has 0 saturated carbocycles. The summed E-state index contributed by atoms with van der Waals surface area (Å²) in [6.07, 6.45) is 4.97. The van der Waals surface area contributed by atoms with Crippen LogP contribution in [0.25, 0.3) is 0 Å². The third-order valence-corrected chi connectivity index (χ3v) is 3.05. The van der Waals surface area contributed by atoms with Crippen LogP contribution in [0.5, 0.6) is 0 Å². The fourth-order valence-corrected chi connectivity index (χ4v) is 2.16. The van der Waals surface area contributed by atoms with Crippen LogP contribution in [-0.2, 0) is 6.42 Å². The maximum absolute atomic E-state index is 12.6. The molecule has 1 aliphatic heterocycles. The third-order valence-electron chi connectivity index (χ3n) is 3.05. The van der Waals surface area contributed by atoms with E-state index in [2.05, 4.69) is 4.90 Å². The number of nitrogens with zero attached hydrogens (tertiary/aromatic N) is 1. The minimum atomic E-state index is -0.140. The topological polar surface area (TPSA) is 3.24 Å². The molecule has 1 nitrogen and oxygen atoms in total. The lowest BCUT2D eigenvalue weighted by Crippen LogP contribution is -2.20. The molecule has 15 heavy (non-hydrogen) atoms. The number of hydrogen-bond acceptors (Lipinski definition) is 1. The fourth-order valence-electron chi connectivity index (χ4n) is 2.16. The Balaban J connectivity index is 1.71. The molecule has 2 heteroatoms. The predicted molar refractivity (Wildman–Crippen MR) is 60.4 cm³/mol. The molecule has 0 atom stereocenters. The van der Waals surface area contributed by atoms with Crippen LogP contribution in [0.4, 0.5) is 4.39 Å². The lowest BCUT2D eigenvalue weighted by molar-refractivity contribution is 0.334. The molecule has 0 aromatic heterocycles. The van der Waals surface area contributed by atoms with E-state index in [1.165, 1.54) is 44.5 Å². The molecule has 1 heterocycles. The molecule has 1 saturated heterocycles. The summed E-state index contributed by atoms with van der Waals surface area (Å²) in [4.78, 5) is 2.52. The van der Waals surface area contributed by atoms with Crippen molar-refractivity contribution in [3.63, 3.8) is 0 Å². The first-order valence-electron chi connectivity index (χ1n) is 5.81. The van der Waals surface area contributed by atoms with Crippen LogP contribution in [0, 0.1) is 5.82 Å². The van der Waals surface area contributed by atoms with Crippen molar-refractivity contribution in [1.29, 1.82) is 0 Å². The summed E-state index contributed by atoms with van der Waals surface area (Å²) >= 11 is 0. The summed E-state index contributed by atoms with van der Waals surface area (Å²) in [5.74, 6) is -0.140. The van der Waals surface area contributed by atoms with Gasteiger partial charge < -0.3 is 4.90 Å². The highest BCUT2D eigenvalue weighted by atomic mass is 19.1. The van der Waals surface area contributed by atoms with Crippen molar-refractivity contribution in [3.8, 4) is 0 Å². The summed E-state index contributed by atoms with van der Waals surface area (Å²) in [5.41, 5.74) is 1.25. The van der Waals surface area contributed by atoms with Crippen molar-refractivity contribution in [3.05, 3.63) is 35.6 Å². The van der Waals surface area contributed by atoms with Gasteiger partial charge in [0, 0.05) is 0 Å². The normalized spacial score (nSPS) is 17.1. The largest absolute Gasteiger partial charge is 0.303 e. The molecule has 0 aliphatic carbocycles. The van der Waals surface area contributed by atoms with Crippen molar-refractivity contribution < 1.29 is 4.39 Å². The number of hydrogen-bond donors (Lipinski definition) is 0. The quantitative estimate of drug-likeness (QED) is 0.734. The Hall–Kier alpha value is -0.890. The van der Waals surface area contributed by atoms with Gasteiger partial charge in [0.25, 0.3) is 0 Å². The van der Waals surface area contributed by atoms with Gasteiger partial charge in [0.1, 0.15) is 5.82 Å². The van der Waals surface area contributed by atoms with Crippen molar-refractivity contribution >= 4 is 0 Å². The predicted octanol–water partition coefficient (Wildman–Crippen LogP) is 2.85. The average molecular weight is 207 g/mol. The SMILES string of the molecule is Fc1ccc(CCCN2CCCC2)cc1. The van der Waals surface area contributed by atoms with Gasteiger partial charge in [0.15, 0.2) is 0 Å². The van der Waals surface area contributed by atoms with Gasteiger partial charge in [-0.1, -0.05) is 12.1 Å². The van der Waals surface area contributed by atoms with Crippen molar-refractivity contribution in [2.45, 2.75) is 25.7 Å². The first kappa shape index (κ1) is 10.6. The second-order valence-corrected chi connectivity index (χ2v) is 4.28. The van der Waals surface area contributed by atoms with Crippen LogP contribution in [-0.4, -0.2) is 24.5 Å². The molecule has 2 rings (SSSR count). The van der Waals surface area contributed by atoms with Crippen LogP contribution in [0.1, 0.15) is 24.8 Å². The minimum absolute atomic E-state index is 0.140. The summed E-state index contributed by atoms with van der Waals surface area (Å²) in [5, 5.41) is 0. The lowest BCUT2D eigenvalue weighted by atomic mass is 10.1. The van der Waals surface area contributed by atoms with E-state index in [0.29, 0.717) is 0 Å². The Labute approximate surface area is 90.9 Å². The highest BCUT2D eigenvalue weighted by Gasteiger charge is 2.10. The molecular formula is C13H18FN. The van der Waals surface area contributed by atoms with Crippen LogP contribution < -0.4 is 0 Å². The molecule has 0 unspecified atom stereocenters. The number of rotatable bonds is 4. The van der Waals surface area contributed by atoms with Gasteiger partial charge in [-0.25, -0.2) is 4.39 Å². The first-order valence-corrected chi connectivity index (χ1v) is 5.81. The molecule has 0 amide bonds. The highest BCUT2D eigenvalue weighted by molar-refractivity contribution is 5.15. The van der Waals surface area contributed by atoms with E-state index in [4.69, 9.17) is 0 Å². The van der Waals surface area contributed by atoms with Crippen LogP contribution >= 0.6 is 0 Å². The molecule has 1 aromatic carbocycles. The first-order chi connectivity index (χ1) is 7.34. The maximum atomic E-state index is 12.6. The second-order valence-electron chi connectivity index (χ2n) is 4.28. The van der Waals surface area contributed by atoms with Gasteiger partial charge >= 0.3 is 0 Å². The zero-order valence-corrected chi connectivity index (χ0v) is 9.08. The van der Waals surface area contributed by atoms with Crippen LogP contribution in [0.2, 0.25) is 0 Å². The second kappa shape index (κ2) is 5.26. The molecule has 0 spiro atoms. The maximum Gasteiger partial charge on any atom is 0.123 e. The number of halogens is 1. The van der Waals surface area contributed by atoms with Crippen molar-refractivity contribution in [2.75, 3.05) is 19.6 Å². The van der Waals surface area contributed by atoms with Crippen molar-refractivity contribution in [2.24, 2.45) is 0 Å². The number of likely N-dealkylation sites (tertiary alicyclic amines) is 1.